The second-order valence-electron chi connectivity index (χ2n) is 3.56. The number of hydrogen-bond donors (Lipinski definition) is 0. The van der Waals surface area contributed by atoms with E-state index in [1.807, 2.05) is 0 Å². The molecule has 2 rings (SSSR count). The Bertz CT molecular complexity index is 320. The van der Waals surface area contributed by atoms with E-state index in [4.69, 9.17) is 16.3 Å². The van der Waals surface area contributed by atoms with Gasteiger partial charge in [-0.25, -0.2) is 0 Å². The molecule has 0 spiro atoms. The Labute approximate surface area is 107 Å². The molecule has 1 saturated heterocycles. The molecule has 0 bridgehead atoms. The van der Waals surface area contributed by atoms with Crippen LogP contribution in [0, 0.1) is 0 Å². The molecule has 1 aliphatic rings. The van der Waals surface area contributed by atoms with E-state index in [1.165, 1.54) is 8.66 Å². The maximum Gasteiger partial charge on any atom is 0.0701 e. The van der Waals surface area contributed by atoms with Gasteiger partial charge in [0.05, 0.1) is 17.0 Å². The van der Waals surface area contributed by atoms with Gasteiger partial charge < -0.3 is 4.74 Å². The second kappa shape index (κ2) is 5.64. The molecule has 2 heterocycles. The van der Waals surface area contributed by atoms with Gasteiger partial charge in [-0.1, -0.05) is 0 Å². The molecule has 0 radical (unpaired) electrons. The van der Waals surface area contributed by atoms with Gasteiger partial charge >= 0.3 is 0 Å². The van der Waals surface area contributed by atoms with Crippen LogP contribution in [0.2, 0.25) is 0 Å². The van der Waals surface area contributed by atoms with Gasteiger partial charge in [-0.05, 0) is 28.1 Å². The lowest BCUT2D eigenvalue weighted by atomic mass is 10.2. The van der Waals surface area contributed by atoms with E-state index < -0.39 is 0 Å². The summed E-state index contributed by atoms with van der Waals surface area (Å²) in [6, 6.07) is 4.62. The molecule has 1 fully saturated rings. The number of rotatable bonds is 3. The maximum absolute atomic E-state index is 5.92. The van der Waals surface area contributed by atoms with Gasteiger partial charge in [-0.15, -0.1) is 22.9 Å². The molecule has 0 saturated carbocycles. The van der Waals surface area contributed by atoms with Crippen molar-refractivity contribution >= 4 is 38.9 Å². The van der Waals surface area contributed by atoms with Crippen LogP contribution in [-0.4, -0.2) is 36.6 Å². The number of thiophene rings is 1. The summed E-state index contributed by atoms with van der Waals surface area (Å²) >= 11 is 11.2. The first kappa shape index (κ1) is 11.9. The van der Waals surface area contributed by atoms with E-state index in [9.17, 15) is 0 Å². The largest absolute Gasteiger partial charge is 0.378 e. The number of halogens is 2. The zero-order valence-electron chi connectivity index (χ0n) is 8.29. The van der Waals surface area contributed by atoms with Crippen molar-refractivity contribution in [2.24, 2.45) is 0 Å². The van der Waals surface area contributed by atoms with Crippen LogP contribution in [0.1, 0.15) is 4.88 Å². The Morgan fingerprint density at radius 3 is 3.13 bits per heavy atom. The molecule has 0 aromatic carbocycles. The number of hydrogen-bond acceptors (Lipinski definition) is 3. The molecule has 84 valence electrons. The number of nitrogens with zero attached hydrogens (tertiary/aromatic N) is 1. The third-order valence-corrected chi connectivity index (χ3v) is 4.48. The Balaban J connectivity index is 1.97. The molecule has 0 N–H and O–H groups in total. The third kappa shape index (κ3) is 3.17. The zero-order chi connectivity index (χ0) is 10.7. The number of ether oxygens (including phenoxy) is 1. The van der Waals surface area contributed by atoms with Gasteiger partial charge in [0, 0.05) is 29.9 Å². The van der Waals surface area contributed by atoms with Crippen LogP contribution in [0.5, 0.6) is 0 Å². The summed E-state index contributed by atoms with van der Waals surface area (Å²) in [4.78, 5) is 3.77. The fourth-order valence-electron chi connectivity index (χ4n) is 1.68. The standard InChI is InChI=1S/C10H13BrClNOS/c11-10-2-1-9(15-10)6-13-3-4-14-7-8(13)5-12/h1-2,8H,3-7H2. The van der Waals surface area contributed by atoms with Crippen LogP contribution >= 0.6 is 38.9 Å². The molecule has 1 aliphatic heterocycles. The number of alkyl halides is 1. The van der Waals surface area contributed by atoms with E-state index in [2.05, 4.69) is 33.0 Å². The maximum atomic E-state index is 5.92. The molecule has 1 atom stereocenters. The van der Waals surface area contributed by atoms with E-state index in [0.717, 1.165) is 26.3 Å². The minimum absolute atomic E-state index is 0.362. The van der Waals surface area contributed by atoms with Gasteiger partial charge in [0.1, 0.15) is 0 Å². The van der Waals surface area contributed by atoms with Crippen LogP contribution in [-0.2, 0) is 11.3 Å². The zero-order valence-corrected chi connectivity index (χ0v) is 11.4. The minimum atomic E-state index is 0.362. The Morgan fingerprint density at radius 1 is 1.60 bits per heavy atom. The molecular formula is C10H13BrClNOS. The van der Waals surface area contributed by atoms with Crippen LogP contribution in [0.4, 0.5) is 0 Å². The first-order valence-electron chi connectivity index (χ1n) is 4.91. The highest BCUT2D eigenvalue weighted by Crippen LogP contribution is 2.24. The molecule has 15 heavy (non-hydrogen) atoms. The van der Waals surface area contributed by atoms with Gasteiger partial charge in [-0.2, -0.15) is 0 Å². The van der Waals surface area contributed by atoms with Crippen molar-refractivity contribution < 1.29 is 4.74 Å². The first-order chi connectivity index (χ1) is 7.29. The van der Waals surface area contributed by atoms with Gasteiger partial charge in [0.15, 0.2) is 0 Å². The van der Waals surface area contributed by atoms with Crippen molar-refractivity contribution in [2.75, 3.05) is 25.6 Å². The van der Waals surface area contributed by atoms with Crippen molar-refractivity contribution in [3.8, 4) is 0 Å². The molecule has 0 aliphatic carbocycles. The molecule has 1 aromatic rings. The average molecular weight is 311 g/mol. The molecule has 1 aromatic heterocycles. The summed E-state index contributed by atoms with van der Waals surface area (Å²) < 4.78 is 6.60. The van der Waals surface area contributed by atoms with Gasteiger partial charge in [0.2, 0.25) is 0 Å². The smallest absolute Gasteiger partial charge is 0.0701 e. The van der Waals surface area contributed by atoms with E-state index in [1.54, 1.807) is 11.3 Å². The van der Waals surface area contributed by atoms with Gasteiger partial charge in [0.25, 0.3) is 0 Å². The van der Waals surface area contributed by atoms with Crippen molar-refractivity contribution in [3.63, 3.8) is 0 Å². The molecule has 0 amide bonds. The Morgan fingerprint density at radius 2 is 2.47 bits per heavy atom. The van der Waals surface area contributed by atoms with E-state index >= 15 is 0 Å². The van der Waals surface area contributed by atoms with E-state index in [-0.39, 0.29) is 0 Å². The molecular weight excluding hydrogens is 298 g/mol. The fraction of sp³-hybridized carbons (Fsp3) is 0.600. The summed E-state index contributed by atoms with van der Waals surface area (Å²) in [5.41, 5.74) is 0. The van der Waals surface area contributed by atoms with Gasteiger partial charge in [-0.3, -0.25) is 4.90 Å². The summed E-state index contributed by atoms with van der Waals surface area (Å²) in [7, 11) is 0. The summed E-state index contributed by atoms with van der Waals surface area (Å²) in [6.45, 7) is 3.54. The quantitative estimate of drug-likeness (QED) is 0.796. The van der Waals surface area contributed by atoms with Crippen LogP contribution in [0.3, 0.4) is 0 Å². The van der Waals surface area contributed by atoms with Crippen molar-refractivity contribution in [1.82, 2.24) is 4.90 Å². The monoisotopic (exact) mass is 309 g/mol. The molecule has 5 heteroatoms. The van der Waals surface area contributed by atoms with Crippen molar-refractivity contribution in [1.29, 1.82) is 0 Å². The van der Waals surface area contributed by atoms with Crippen LogP contribution < -0.4 is 0 Å². The highest BCUT2D eigenvalue weighted by molar-refractivity contribution is 9.11. The Hall–Kier alpha value is 0.390. The van der Waals surface area contributed by atoms with Crippen molar-refractivity contribution in [3.05, 3.63) is 20.8 Å². The lowest BCUT2D eigenvalue weighted by Gasteiger charge is -2.33. The minimum Gasteiger partial charge on any atom is -0.378 e. The molecule has 2 nitrogen and oxygen atoms in total. The topological polar surface area (TPSA) is 12.5 Å². The lowest BCUT2D eigenvalue weighted by Crippen LogP contribution is -2.45. The van der Waals surface area contributed by atoms with Crippen LogP contribution in [0.15, 0.2) is 15.9 Å². The first-order valence-corrected chi connectivity index (χ1v) is 7.06. The average Bonchev–Trinajstić information content (AvgIpc) is 2.65. The molecule has 1 unspecified atom stereocenters. The highest BCUT2D eigenvalue weighted by Gasteiger charge is 2.22. The van der Waals surface area contributed by atoms with E-state index in [0.29, 0.717) is 11.9 Å². The summed E-state index contributed by atoms with van der Waals surface area (Å²) in [5.74, 6) is 0.645. The van der Waals surface area contributed by atoms with Crippen molar-refractivity contribution in [2.45, 2.75) is 12.6 Å². The lowest BCUT2D eigenvalue weighted by molar-refractivity contribution is -0.00258. The SMILES string of the molecule is ClCC1COCCN1Cc1ccc(Br)s1. The fourth-order valence-corrected chi connectivity index (χ4v) is 3.47. The normalized spacial score (nSPS) is 23.2. The summed E-state index contributed by atoms with van der Waals surface area (Å²) in [6.07, 6.45) is 0. The Kier molecular flexibility index (Phi) is 4.46. The second-order valence-corrected chi connectivity index (χ2v) is 6.42. The third-order valence-electron chi connectivity index (χ3n) is 2.52. The predicted octanol–water partition coefficient (Wildman–Crippen LogP) is 2.95. The highest BCUT2D eigenvalue weighted by atomic mass is 79.9. The number of morpholine rings is 1. The summed E-state index contributed by atoms with van der Waals surface area (Å²) in [5, 5.41) is 0. The van der Waals surface area contributed by atoms with Crippen LogP contribution in [0.25, 0.3) is 0 Å². The predicted molar refractivity (Wildman–Crippen MR) is 67.8 cm³/mol.